The second-order valence-corrected chi connectivity index (χ2v) is 8.64. The average molecular weight is 405 g/mol. The zero-order chi connectivity index (χ0) is 19.2. The Balaban J connectivity index is 1.45. The van der Waals surface area contributed by atoms with E-state index in [4.69, 9.17) is 12.2 Å². The second kappa shape index (κ2) is 9.37. The van der Waals surface area contributed by atoms with E-state index >= 15 is 0 Å². The van der Waals surface area contributed by atoms with E-state index in [0.717, 1.165) is 30.5 Å². The number of nitrogens with zero attached hydrogens (tertiary/aromatic N) is 2. The maximum atomic E-state index is 5.72. The summed E-state index contributed by atoms with van der Waals surface area (Å²) in [4.78, 5) is 6.13. The predicted octanol–water partition coefficient (Wildman–Crippen LogP) is 5.47. The van der Waals surface area contributed by atoms with Gasteiger partial charge in [-0.3, -0.25) is 4.90 Å². The standard InChI is InChI=1S/C24H24N2S2/c27-24(28-22-14-8-3-9-15-22)26-18-16-25(17-19-26)23(20-10-4-1-5-11-20)21-12-6-2-7-13-21/h1-15,23H,16-19H2. The number of hydrogen-bond acceptors (Lipinski definition) is 3. The Kier molecular flexibility index (Phi) is 6.42. The SMILES string of the molecule is S=C(Sc1ccccc1)N1CCN(C(c2ccccc2)c2ccccc2)CC1. The number of thioether (sulfide) groups is 1. The molecule has 1 heterocycles. The third-order valence-corrected chi connectivity index (χ3v) is 6.57. The first-order valence-corrected chi connectivity index (χ1v) is 10.9. The molecule has 0 saturated carbocycles. The second-order valence-electron chi connectivity index (χ2n) is 6.93. The predicted molar refractivity (Wildman–Crippen MR) is 123 cm³/mol. The summed E-state index contributed by atoms with van der Waals surface area (Å²) in [5, 5.41) is 0. The third-order valence-electron chi connectivity index (χ3n) is 5.12. The van der Waals surface area contributed by atoms with Gasteiger partial charge < -0.3 is 4.90 Å². The van der Waals surface area contributed by atoms with E-state index < -0.39 is 0 Å². The van der Waals surface area contributed by atoms with Crippen molar-refractivity contribution in [2.24, 2.45) is 0 Å². The molecule has 1 fully saturated rings. The molecule has 0 unspecified atom stereocenters. The minimum atomic E-state index is 0.292. The number of benzene rings is 3. The van der Waals surface area contributed by atoms with Crippen LogP contribution in [-0.4, -0.2) is 40.3 Å². The Hall–Kier alpha value is -2.14. The maximum absolute atomic E-state index is 5.72. The number of piperazine rings is 1. The largest absolute Gasteiger partial charge is 0.355 e. The topological polar surface area (TPSA) is 6.48 Å². The molecule has 0 spiro atoms. The van der Waals surface area contributed by atoms with Crippen LogP contribution in [0, 0.1) is 0 Å². The van der Waals surface area contributed by atoms with Crippen molar-refractivity contribution >= 4 is 28.3 Å². The molecule has 0 aliphatic carbocycles. The number of thiocarbonyl (C=S) groups is 1. The first-order valence-electron chi connectivity index (χ1n) is 9.67. The van der Waals surface area contributed by atoms with E-state index in [1.54, 1.807) is 11.8 Å². The van der Waals surface area contributed by atoms with Crippen molar-refractivity contribution in [1.82, 2.24) is 9.80 Å². The first-order chi connectivity index (χ1) is 13.8. The van der Waals surface area contributed by atoms with E-state index in [1.165, 1.54) is 16.0 Å². The summed E-state index contributed by atoms with van der Waals surface area (Å²) in [6, 6.07) is 32.3. The monoisotopic (exact) mass is 404 g/mol. The zero-order valence-electron chi connectivity index (χ0n) is 15.8. The lowest BCUT2D eigenvalue weighted by Gasteiger charge is -2.40. The van der Waals surface area contributed by atoms with E-state index in [2.05, 4.69) is 94.7 Å². The van der Waals surface area contributed by atoms with E-state index in [9.17, 15) is 0 Å². The fourth-order valence-corrected chi connectivity index (χ4v) is 4.98. The highest BCUT2D eigenvalue weighted by molar-refractivity contribution is 8.22. The minimum Gasteiger partial charge on any atom is -0.355 e. The Morgan fingerprint density at radius 3 is 1.64 bits per heavy atom. The summed E-state index contributed by atoms with van der Waals surface area (Å²) >= 11 is 7.41. The normalized spacial score (nSPS) is 15.0. The quantitative estimate of drug-likeness (QED) is 0.420. The van der Waals surface area contributed by atoms with Gasteiger partial charge in [0.2, 0.25) is 0 Å². The van der Waals surface area contributed by atoms with Crippen molar-refractivity contribution in [2.75, 3.05) is 26.2 Å². The highest BCUT2D eigenvalue weighted by Gasteiger charge is 2.27. The molecule has 142 valence electrons. The minimum absolute atomic E-state index is 0.292. The average Bonchev–Trinajstić information content (AvgIpc) is 2.77. The van der Waals surface area contributed by atoms with Crippen LogP contribution >= 0.6 is 24.0 Å². The van der Waals surface area contributed by atoms with Crippen LogP contribution in [0.25, 0.3) is 0 Å². The summed E-state index contributed by atoms with van der Waals surface area (Å²) in [6.07, 6.45) is 0. The van der Waals surface area contributed by atoms with Gasteiger partial charge in [-0.05, 0) is 23.3 Å². The lowest BCUT2D eigenvalue weighted by atomic mass is 9.96. The molecule has 1 saturated heterocycles. The zero-order valence-corrected chi connectivity index (χ0v) is 17.4. The summed E-state index contributed by atoms with van der Waals surface area (Å²) in [5.74, 6) is 0. The van der Waals surface area contributed by atoms with Crippen LogP contribution in [0.5, 0.6) is 0 Å². The summed E-state index contributed by atoms with van der Waals surface area (Å²) < 4.78 is 0.974. The molecular weight excluding hydrogens is 380 g/mol. The molecular formula is C24H24N2S2. The molecule has 0 N–H and O–H groups in total. The van der Waals surface area contributed by atoms with Crippen molar-refractivity contribution in [3.05, 3.63) is 102 Å². The van der Waals surface area contributed by atoms with Crippen molar-refractivity contribution < 1.29 is 0 Å². The molecule has 28 heavy (non-hydrogen) atoms. The highest BCUT2D eigenvalue weighted by Crippen LogP contribution is 2.30. The van der Waals surface area contributed by atoms with Crippen molar-refractivity contribution in [1.29, 1.82) is 0 Å². The van der Waals surface area contributed by atoms with Crippen LogP contribution in [0.1, 0.15) is 17.2 Å². The number of hydrogen-bond donors (Lipinski definition) is 0. The van der Waals surface area contributed by atoms with E-state index in [0.29, 0.717) is 6.04 Å². The summed E-state index contributed by atoms with van der Waals surface area (Å²) in [5.41, 5.74) is 2.70. The van der Waals surface area contributed by atoms with Gasteiger partial charge >= 0.3 is 0 Å². The van der Waals surface area contributed by atoms with Crippen molar-refractivity contribution in [3.63, 3.8) is 0 Å². The van der Waals surface area contributed by atoms with Crippen LogP contribution in [0.4, 0.5) is 0 Å². The van der Waals surface area contributed by atoms with Crippen molar-refractivity contribution in [3.8, 4) is 0 Å². The molecule has 0 radical (unpaired) electrons. The molecule has 3 aromatic rings. The summed E-state index contributed by atoms with van der Waals surface area (Å²) in [6.45, 7) is 3.94. The van der Waals surface area contributed by atoms with Gasteiger partial charge in [0.1, 0.15) is 4.32 Å². The molecule has 0 atom stereocenters. The molecule has 0 aromatic heterocycles. The van der Waals surface area contributed by atoms with Gasteiger partial charge in [0, 0.05) is 31.1 Å². The van der Waals surface area contributed by atoms with Crippen LogP contribution in [0.3, 0.4) is 0 Å². The number of rotatable bonds is 4. The van der Waals surface area contributed by atoms with Crippen LogP contribution in [0.15, 0.2) is 95.9 Å². The molecule has 1 aliphatic rings. The summed E-state index contributed by atoms with van der Waals surface area (Å²) in [7, 11) is 0. The highest BCUT2D eigenvalue weighted by atomic mass is 32.2. The lowest BCUT2D eigenvalue weighted by molar-refractivity contribution is 0.153. The van der Waals surface area contributed by atoms with Gasteiger partial charge in [0.15, 0.2) is 0 Å². The van der Waals surface area contributed by atoms with Crippen LogP contribution in [-0.2, 0) is 0 Å². The fourth-order valence-electron chi connectivity index (χ4n) is 3.70. The smallest absolute Gasteiger partial charge is 0.141 e. The first kappa shape index (κ1) is 19.2. The Morgan fingerprint density at radius 1 is 0.679 bits per heavy atom. The lowest BCUT2D eigenvalue weighted by Crippen LogP contribution is -2.48. The Labute approximate surface area is 177 Å². The van der Waals surface area contributed by atoms with Crippen molar-refractivity contribution in [2.45, 2.75) is 10.9 Å². The molecule has 3 aromatic carbocycles. The Morgan fingerprint density at radius 2 is 1.14 bits per heavy atom. The third kappa shape index (κ3) is 4.64. The van der Waals surface area contributed by atoms with Crippen LogP contribution in [0.2, 0.25) is 0 Å². The van der Waals surface area contributed by atoms with Gasteiger partial charge in [-0.25, -0.2) is 0 Å². The molecule has 0 amide bonds. The molecule has 0 bridgehead atoms. The van der Waals surface area contributed by atoms with E-state index in [1.807, 2.05) is 6.07 Å². The molecule has 4 heteroatoms. The fraction of sp³-hybridized carbons (Fsp3) is 0.208. The molecule has 1 aliphatic heterocycles. The van der Waals surface area contributed by atoms with Gasteiger partial charge in [0.25, 0.3) is 0 Å². The molecule has 2 nitrogen and oxygen atoms in total. The Bertz CT molecular complexity index is 837. The van der Waals surface area contributed by atoms with Gasteiger partial charge in [0.05, 0.1) is 6.04 Å². The van der Waals surface area contributed by atoms with Gasteiger partial charge in [-0.1, -0.05) is 103 Å². The molecule has 4 rings (SSSR count). The van der Waals surface area contributed by atoms with Gasteiger partial charge in [-0.15, -0.1) is 0 Å². The van der Waals surface area contributed by atoms with Gasteiger partial charge in [-0.2, -0.15) is 0 Å². The van der Waals surface area contributed by atoms with Crippen LogP contribution < -0.4 is 0 Å². The maximum Gasteiger partial charge on any atom is 0.141 e. The van der Waals surface area contributed by atoms with E-state index in [-0.39, 0.29) is 0 Å².